The van der Waals surface area contributed by atoms with E-state index in [0.717, 1.165) is 12.8 Å². The lowest BCUT2D eigenvalue weighted by atomic mass is 10.1. The van der Waals surface area contributed by atoms with Crippen molar-refractivity contribution in [1.29, 1.82) is 0 Å². The zero-order valence-corrected chi connectivity index (χ0v) is 9.87. The van der Waals surface area contributed by atoms with Gasteiger partial charge < -0.3 is 5.32 Å². The van der Waals surface area contributed by atoms with E-state index in [-0.39, 0.29) is 0 Å². The Morgan fingerprint density at radius 2 is 2.29 bits per heavy atom. The van der Waals surface area contributed by atoms with Crippen molar-refractivity contribution in [2.45, 2.75) is 32.7 Å². The van der Waals surface area contributed by atoms with Gasteiger partial charge in [0.1, 0.15) is 0 Å². The smallest absolute Gasteiger partial charge is 0.0421 e. The van der Waals surface area contributed by atoms with Crippen LogP contribution in [0.4, 0.5) is 0 Å². The van der Waals surface area contributed by atoms with Crippen LogP contribution in [0, 0.1) is 26.2 Å². The Labute approximate surface area is 90.5 Å². The van der Waals surface area contributed by atoms with Crippen LogP contribution in [0.5, 0.6) is 0 Å². The number of nitrogens with one attached hydrogen (secondary N) is 1. The minimum atomic E-state index is 0.420. The van der Waals surface area contributed by atoms with Gasteiger partial charge in [-0.15, -0.1) is 23.7 Å². The molecule has 0 saturated heterocycles. The molecule has 0 aliphatic carbocycles. The third kappa shape index (κ3) is 2.60. The van der Waals surface area contributed by atoms with Gasteiger partial charge >= 0.3 is 0 Å². The van der Waals surface area contributed by atoms with E-state index in [2.05, 4.69) is 31.2 Å². The van der Waals surface area contributed by atoms with Crippen LogP contribution >= 0.6 is 11.3 Å². The summed E-state index contributed by atoms with van der Waals surface area (Å²) in [5.74, 6) is 2.69. The normalized spacial score (nSPS) is 12.4. The van der Waals surface area contributed by atoms with E-state index in [9.17, 15) is 0 Å². The molecule has 0 fully saturated rings. The lowest BCUT2D eigenvalue weighted by Crippen LogP contribution is -2.14. The molecule has 1 unspecified atom stereocenters. The number of hydrogen-bond donors (Lipinski definition) is 1. The van der Waals surface area contributed by atoms with Gasteiger partial charge in [-0.3, -0.25) is 0 Å². The van der Waals surface area contributed by atoms with Gasteiger partial charge in [0.25, 0.3) is 0 Å². The molecule has 0 aliphatic rings. The summed E-state index contributed by atoms with van der Waals surface area (Å²) < 4.78 is 0. The van der Waals surface area contributed by atoms with Crippen molar-refractivity contribution in [2.24, 2.45) is 0 Å². The highest BCUT2D eigenvalue weighted by Gasteiger charge is 2.11. The zero-order valence-electron chi connectivity index (χ0n) is 9.05. The Balaban J connectivity index is 2.74. The van der Waals surface area contributed by atoms with E-state index >= 15 is 0 Å². The Morgan fingerprint density at radius 3 is 2.71 bits per heavy atom. The number of terminal acetylenes is 1. The van der Waals surface area contributed by atoms with E-state index in [1.807, 2.05) is 18.4 Å². The van der Waals surface area contributed by atoms with E-state index in [1.165, 1.54) is 15.3 Å². The highest BCUT2D eigenvalue weighted by atomic mass is 32.1. The quantitative estimate of drug-likeness (QED) is 0.748. The van der Waals surface area contributed by atoms with Gasteiger partial charge in [-0.25, -0.2) is 0 Å². The molecule has 1 rings (SSSR count). The fraction of sp³-hybridized carbons (Fsp3) is 0.500. The summed E-state index contributed by atoms with van der Waals surface area (Å²) in [6.07, 6.45) is 7.13. The Bertz CT molecular complexity index is 313. The maximum atomic E-state index is 5.27. The zero-order chi connectivity index (χ0) is 10.6. The SMILES string of the molecule is C#CCCC(NC)c1cc(C)c(C)s1. The molecule has 0 radical (unpaired) electrons. The molecular weight excluding hydrogens is 190 g/mol. The van der Waals surface area contributed by atoms with E-state index < -0.39 is 0 Å². The molecule has 0 aromatic carbocycles. The van der Waals surface area contributed by atoms with Gasteiger partial charge in [-0.05, 0) is 38.9 Å². The maximum absolute atomic E-state index is 5.27. The van der Waals surface area contributed by atoms with Crippen LogP contribution in [0.25, 0.3) is 0 Å². The van der Waals surface area contributed by atoms with Crippen LogP contribution < -0.4 is 5.32 Å². The Hall–Kier alpha value is -0.780. The summed E-state index contributed by atoms with van der Waals surface area (Å²) >= 11 is 1.87. The third-order valence-corrected chi connectivity index (χ3v) is 3.72. The topological polar surface area (TPSA) is 12.0 Å². The molecule has 0 spiro atoms. The van der Waals surface area contributed by atoms with Gasteiger partial charge in [0.2, 0.25) is 0 Å². The van der Waals surface area contributed by atoms with Gasteiger partial charge in [0.05, 0.1) is 0 Å². The minimum absolute atomic E-state index is 0.420. The highest BCUT2D eigenvalue weighted by Crippen LogP contribution is 2.28. The number of aryl methyl sites for hydroxylation is 2. The predicted molar refractivity (Wildman–Crippen MR) is 63.7 cm³/mol. The summed E-state index contributed by atoms with van der Waals surface area (Å²) in [6, 6.07) is 2.68. The van der Waals surface area contributed by atoms with E-state index in [0.29, 0.717) is 6.04 Å². The molecule has 1 aromatic heterocycles. The van der Waals surface area contributed by atoms with Crippen molar-refractivity contribution in [1.82, 2.24) is 5.32 Å². The first kappa shape index (κ1) is 11.3. The Morgan fingerprint density at radius 1 is 1.57 bits per heavy atom. The second kappa shape index (κ2) is 5.19. The molecule has 0 bridgehead atoms. The van der Waals surface area contributed by atoms with Crippen molar-refractivity contribution in [3.05, 3.63) is 21.4 Å². The van der Waals surface area contributed by atoms with Crippen molar-refractivity contribution >= 4 is 11.3 Å². The summed E-state index contributed by atoms with van der Waals surface area (Å²) in [5, 5.41) is 3.31. The number of thiophene rings is 1. The standard InChI is InChI=1S/C12H17NS/c1-5-6-7-11(13-4)12-8-9(2)10(3)14-12/h1,8,11,13H,6-7H2,2-4H3. The first-order valence-corrected chi connectivity index (χ1v) is 5.68. The molecule has 0 saturated carbocycles. The first-order chi connectivity index (χ1) is 6.69. The molecule has 1 N–H and O–H groups in total. The van der Waals surface area contributed by atoms with Crippen LogP contribution in [0.1, 0.15) is 34.2 Å². The largest absolute Gasteiger partial charge is 0.312 e. The molecule has 1 atom stereocenters. The summed E-state index contributed by atoms with van der Waals surface area (Å²) in [4.78, 5) is 2.80. The molecular formula is C12H17NS. The van der Waals surface area contributed by atoms with Gasteiger partial charge in [-0.2, -0.15) is 0 Å². The molecule has 76 valence electrons. The van der Waals surface area contributed by atoms with Crippen LogP contribution in [-0.4, -0.2) is 7.05 Å². The molecule has 1 nitrogen and oxygen atoms in total. The van der Waals surface area contributed by atoms with Gasteiger partial charge in [0, 0.05) is 22.2 Å². The molecule has 0 amide bonds. The molecule has 0 aliphatic heterocycles. The molecule has 2 heteroatoms. The summed E-state index contributed by atoms with van der Waals surface area (Å²) in [5.41, 5.74) is 1.38. The number of rotatable bonds is 4. The maximum Gasteiger partial charge on any atom is 0.0421 e. The van der Waals surface area contributed by atoms with Crippen LogP contribution in [0.3, 0.4) is 0 Å². The lowest BCUT2D eigenvalue weighted by molar-refractivity contribution is 0.567. The second-order valence-corrected chi connectivity index (χ2v) is 4.76. The number of hydrogen-bond acceptors (Lipinski definition) is 2. The monoisotopic (exact) mass is 207 g/mol. The average Bonchev–Trinajstić information content (AvgIpc) is 2.48. The Kier molecular flexibility index (Phi) is 4.19. The van der Waals surface area contributed by atoms with E-state index in [1.54, 1.807) is 0 Å². The van der Waals surface area contributed by atoms with Crippen molar-refractivity contribution in [3.8, 4) is 12.3 Å². The minimum Gasteiger partial charge on any atom is -0.312 e. The lowest BCUT2D eigenvalue weighted by Gasteiger charge is -2.12. The van der Waals surface area contributed by atoms with Crippen molar-refractivity contribution in [2.75, 3.05) is 7.05 Å². The van der Waals surface area contributed by atoms with Crippen molar-refractivity contribution < 1.29 is 0 Å². The van der Waals surface area contributed by atoms with E-state index in [4.69, 9.17) is 6.42 Å². The van der Waals surface area contributed by atoms with Crippen LogP contribution in [0.15, 0.2) is 6.07 Å². The van der Waals surface area contributed by atoms with Crippen LogP contribution in [-0.2, 0) is 0 Å². The van der Waals surface area contributed by atoms with Gasteiger partial charge in [-0.1, -0.05) is 0 Å². The molecule has 14 heavy (non-hydrogen) atoms. The fourth-order valence-corrected chi connectivity index (χ4v) is 2.62. The highest BCUT2D eigenvalue weighted by molar-refractivity contribution is 7.12. The van der Waals surface area contributed by atoms with Gasteiger partial charge in [0.15, 0.2) is 0 Å². The predicted octanol–water partition coefficient (Wildman–Crippen LogP) is 3.04. The third-order valence-electron chi connectivity index (χ3n) is 2.45. The first-order valence-electron chi connectivity index (χ1n) is 4.86. The molecule has 1 aromatic rings. The van der Waals surface area contributed by atoms with Crippen molar-refractivity contribution in [3.63, 3.8) is 0 Å². The summed E-state index contributed by atoms with van der Waals surface area (Å²) in [6.45, 7) is 4.32. The van der Waals surface area contributed by atoms with Crippen LogP contribution in [0.2, 0.25) is 0 Å². The second-order valence-electron chi connectivity index (χ2n) is 3.47. The molecule has 1 heterocycles. The summed E-state index contributed by atoms with van der Waals surface area (Å²) in [7, 11) is 1.99. The average molecular weight is 207 g/mol. The fourth-order valence-electron chi connectivity index (χ4n) is 1.43.